The molecule has 0 aliphatic carbocycles. The second-order valence-corrected chi connectivity index (χ2v) is 8.79. The van der Waals surface area contributed by atoms with Crippen LogP contribution in [-0.2, 0) is 0 Å². The van der Waals surface area contributed by atoms with Crippen molar-refractivity contribution in [2.75, 3.05) is 0 Å². The molecule has 0 nitrogen and oxygen atoms in total. The summed E-state index contributed by atoms with van der Waals surface area (Å²) in [5, 5.41) is 7.35. The van der Waals surface area contributed by atoms with Crippen molar-refractivity contribution in [1.82, 2.24) is 0 Å². The summed E-state index contributed by atoms with van der Waals surface area (Å²) >= 11 is 0. The summed E-state index contributed by atoms with van der Waals surface area (Å²) in [5.74, 6) is 0. The van der Waals surface area contributed by atoms with Gasteiger partial charge >= 0.3 is 0 Å². The fraction of sp³-hybridized carbons (Fsp3) is 0. The average molecular weight is 283 g/mol. The van der Waals surface area contributed by atoms with Crippen molar-refractivity contribution in [3.05, 3.63) is 75.6 Å². The lowest BCUT2D eigenvalue weighted by molar-refractivity contribution is 1.43. The maximum Gasteiger partial charge on any atom is 0.0474 e. The first-order chi connectivity index (χ1) is 9.42. The molecule has 2 heterocycles. The molecular weight excluding hydrogens is 268 g/mol. The summed E-state index contributed by atoms with van der Waals surface area (Å²) in [5.41, 5.74) is 2.80. The van der Waals surface area contributed by atoms with Crippen LogP contribution in [0.25, 0.3) is 12.2 Å². The molecule has 95 valence electrons. The summed E-state index contributed by atoms with van der Waals surface area (Å²) in [4.78, 5) is 3.02. The molecule has 2 aliphatic heterocycles. The van der Waals surface area contributed by atoms with Crippen LogP contribution in [0.15, 0.2) is 69.1 Å². The molecule has 2 aliphatic rings. The molecule has 2 atom stereocenters. The minimum absolute atomic E-state index is 0.224. The lowest BCUT2D eigenvalue weighted by Crippen LogP contribution is -1.83. The highest BCUT2D eigenvalue weighted by molar-refractivity contribution is 8.38. The number of hydrogen-bond acceptors (Lipinski definition) is 0. The van der Waals surface area contributed by atoms with E-state index in [-0.39, 0.29) is 21.8 Å². The van der Waals surface area contributed by atoms with Crippen molar-refractivity contribution in [3.63, 3.8) is 0 Å². The molecule has 2 aromatic rings. The van der Waals surface area contributed by atoms with Gasteiger partial charge in [-0.2, -0.15) is 21.8 Å². The van der Waals surface area contributed by atoms with E-state index in [1.165, 1.54) is 20.9 Å². The van der Waals surface area contributed by atoms with Gasteiger partial charge in [-0.3, -0.25) is 0 Å². The molecule has 0 N–H and O–H groups in total. The Labute approximate surface area is 119 Å². The topological polar surface area (TPSA) is 0 Å². The Morgan fingerprint density at radius 2 is 1.11 bits per heavy atom. The Morgan fingerprint density at radius 1 is 0.632 bits per heavy atom. The third-order valence-corrected chi connectivity index (χ3v) is 8.37. The molecule has 1 radical (unpaired) electrons. The van der Waals surface area contributed by atoms with E-state index < -0.39 is 0 Å². The molecule has 0 bridgehead atoms. The predicted octanol–water partition coefficient (Wildman–Crippen LogP) is 5.19. The van der Waals surface area contributed by atoms with Crippen molar-refractivity contribution in [3.8, 4) is 0 Å². The van der Waals surface area contributed by atoms with Gasteiger partial charge in [-0.25, -0.2) is 0 Å². The van der Waals surface area contributed by atoms with Crippen molar-refractivity contribution in [2.24, 2.45) is 0 Å². The highest BCUT2D eigenvalue weighted by atomic mass is 32.3. The normalized spacial score (nSPS) is 26.3. The van der Waals surface area contributed by atoms with Crippen LogP contribution in [0, 0.1) is 5.08 Å². The van der Waals surface area contributed by atoms with E-state index in [4.69, 9.17) is 0 Å². The van der Waals surface area contributed by atoms with Gasteiger partial charge in [-0.05, 0) is 56.0 Å². The zero-order valence-electron chi connectivity index (χ0n) is 10.4. The van der Waals surface area contributed by atoms with Gasteiger partial charge in [0.15, 0.2) is 0 Å². The van der Waals surface area contributed by atoms with Gasteiger partial charge in [-0.15, -0.1) is 0 Å². The van der Waals surface area contributed by atoms with Gasteiger partial charge < -0.3 is 0 Å². The van der Waals surface area contributed by atoms with Gasteiger partial charge in [0.2, 0.25) is 0 Å². The Morgan fingerprint density at radius 3 is 1.63 bits per heavy atom. The second kappa shape index (κ2) is 4.62. The Bertz CT molecular complexity index is 626. The Hall–Kier alpha value is -1.38. The minimum atomic E-state index is -0.224. The van der Waals surface area contributed by atoms with Crippen LogP contribution in [0.5, 0.6) is 0 Å². The first kappa shape index (κ1) is 11.4. The van der Waals surface area contributed by atoms with E-state index in [2.05, 4.69) is 76.6 Å². The van der Waals surface area contributed by atoms with Crippen molar-refractivity contribution in [1.29, 1.82) is 0 Å². The molecule has 2 aromatic carbocycles. The number of rotatable bonds is 2. The predicted molar refractivity (Wildman–Crippen MR) is 89.8 cm³/mol. The van der Waals surface area contributed by atoms with Gasteiger partial charge in [-0.1, -0.05) is 36.4 Å². The van der Waals surface area contributed by atoms with Gasteiger partial charge in [0.05, 0.1) is 0 Å². The van der Waals surface area contributed by atoms with Gasteiger partial charge in [0.1, 0.15) is 0 Å². The van der Waals surface area contributed by atoms with Crippen LogP contribution in [0.1, 0.15) is 11.1 Å². The standard InChI is InChI=1S/C17H15S2/c1-3-7-16-14(5-1)9-11-18(16)13-19-12-10-15-6-2-4-8-17(15)19/h1-13,18-19H. The van der Waals surface area contributed by atoms with E-state index in [1.54, 1.807) is 0 Å². The van der Waals surface area contributed by atoms with Crippen LogP contribution in [-0.4, -0.2) is 0 Å². The Balaban J connectivity index is 1.62. The van der Waals surface area contributed by atoms with Gasteiger partial charge in [0, 0.05) is 5.08 Å². The number of hydrogen-bond donors (Lipinski definition) is 2. The average Bonchev–Trinajstić information content (AvgIpc) is 3.05. The summed E-state index contributed by atoms with van der Waals surface area (Å²) in [7, 11) is -0.449. The van der Waals surface area contributed by atoms with Crippen LogP contribution in [0.3, 0.4) is 0 Å². The van der Waals surface area contributed by atoms with Crippen LogP contribution < -0.4 is 0 Å². The van der Waals surface area contributed by atoms with Crippen LogP contribution >= 0.6 is 21.8 Å². The third kappa shape index (κ3) is 1.96. The lowest BCUT2D eigenvalue weighted by Gasteiger charge is -2.22. The maximum atomic E-state index is 2.58. The van der Waals surface area contributed by atoms with Crippen LogP contribution in [0.4, 0.5) is 0 Å². The SMILES string of the molecule is [CH]([SH]1C=Cc2ccccc21)[SH]1C=Cc2ccccc21. The molecule has 0 aromatic heterocycles. The second-order valence-electron chi connectivity index (χ2n) is 4.68. The van der Waals surface area contributed by atoms with Crippen molar-refractivity contribution in [2.45, 2.75) is 9.79 Å². The number of fused-ring (bicyclic) bond motifs is 2. The third-order valence-electron chi connectivity index (χ3n) is 3.51. The molecule has 2 heteroatoms. The first-order valence-corrected chi connectivity index (χ1v) is 9.34. The van der Waals surface area contributed by atoms with Crippen molar-refractivity contribution >= 4 is 33.9 Å². The van der Waals surface area contributed by atoms with Gasteiger partial charge in [0.25, 0.3) is 0 Å². The largest absolute Gasteiger partial charge is 0.193 e. The lowest BCUT2D eigenvalue weighted by atomic mass is 10.2. The van der Waals surface area contributed by atoms with Crippen LogP contribution in [0.2, 0.25) is 0 Å². The fourth-order valence-electron chi connectivity index (χ4n) is 2.54. The highest BCUT2D eigenvalue weighted by Gasteiger charge is 2.20. The van der Waals surface area contributed by atoms with E-state index in [9.17, 15) is 0 Å². The van der Waals surface area contributed by atoms with E-state index in [1.807, 2.05) is 0 Å². The summed E-state index contributed by atoms with van der Waals surface area (Å²) in [6.45, 7) is 0. The molecule has 0 fully saturated rings. The number of benzene rings is 2. The fourth-order valence-corrected chi connectivity index (χ4v) is 7.60. The smallest absolute Gasteiger partial charge is 0.0474 e. The Kier molecular flexibility index (Phi) is 2.78. The first-order valence-electron chi connectivity index (χ1n) is 6.38. The van der Waals surface area contributed by atoms with E-state index in [0.717, 1.165) is 0 Å². The highest BCUT2D eigenvalue weighted by Crippen LogP contribution is 2.60. The zero-order valence-corrected chi connectivity index (χ0v) is 12.2. The molecule has 19 heavy (non-hydrogen) atoms. The monoisotopic (exact) mass is 283 g/mol. The minimum Gasteiger partial charge on any atom is -0.193 e. The molecule has 4 rings (SSSR count). The molecule has 2 unspecified atom stereocenters. The van der Waals surface area contributed by atoms with E-state index in [0.29, 0.717) is 0 Å². The summed E-state index contributed by atoms with van der Waals surface area (Å²) in [6, 6.07) is 17.5. The molecule has 0 saturated carbocycles. The number of thiol groups is 2. The molecule has 0 spiro atoms. The summed E-state index contributed by atoms with van der Waals surface area (Å²) < 4.78 is 0. The van der Waals surface area contributed by atoms with Crippen molar-refractivity contribution < 1.29 is 0 Å². The molecular formula is C17H15S2. The van der Waals surface area contributed by atoms with E-state index >= 15 is 0 Å². The molecule has 0 amide bonds. The summed E-state index contributed by atoms with van der Waals surface area (Å²) in [6.07, 6.45) is 4.55. The maximum absolute atomic E-state index is 2.58. The quantitative estimate of drug-likeness (QED) is 0.696. The molecule has 0 saturated heterocycles. The zero-order chi connectivity index (χ0) is 12.7.